The van der Waals surface area contributed by atoms with Crippen LogP contribution in [0.15, 0.2) is 18.2 Å². The van der Waals surface area contributed by atoms with Crippen LogP contribution in [0.2, 0.25) is 0 Å². The van der Waals surface area contributed by atoms with Gasteiger partial charge >= 0.3 is 0 Å². The van der Waals surface area contributed by atoms with Crippen LogP contribution >= 0.6 is 0 Å². The van der Waals surface area contributed by atoms with Gasteiger partial charge in [-0.05, 0) is 61.7 Å². The molecule has 0 aromatic heterocycles. The number of piperidine rings is 1. The Kier molecular flexibility index (Phi) is 2.32. The first-order valence-electron chi connectivity index (χ1n) is 6.53. The van der Waals surface area contributed by atoms with E-state index in [1.807, 2.05) is 0 Å². The van der Waals surface area contributed by atoms with Crippen LogP contribution in [0, 0.1) is 6.92 Å². The number of fused-ring (bicyclic) bond motifs is 2. The molecule has 0 radical (unpaired) electrons. The number of nitrogens with one attached hydrogen (secondary N) is 1. The third-order valence-corrected chi connectivity index (χ3v) is 4.57. The van der Waals surface area contributed by atoms with Crippen molar-refractivity contribution in [2.24, 2.45) is 0 Å². The molecule has 0 saturated carbocycles. The molecule has 1 aromatic rings. The summed E-state index contributed by atoms with van der Waals surface area (Å²) in [7, 11) is 0. The highest BCUT2D eigenvalue weighted by Gasteiger charge is 2.42. The van der Waals surface area contributed by atoms with Crippen LogP contribution in [0.1, 0.15) is 48.8 Å². The van der Waals surface area contributed by atoms with Gasteiger partial charge in [0.05, 0.1) is 0 Å². The van der Waals surface area contributed by atoms with Crippen molar-refractivity contribution in [1.82, 2.24) is 5.32 Å². The van der Waals surface area contributed by atoms with Gasteiger partial charge in [0.15, 0.2) is 0 Å². The maximum Gasteiger partial charge on any atom is -0.00143 e. The summed E-state index contributed by atoms with van der Waals surface area (Å²) >= 11 is 0. The van der Waals surface area contributed by atoms with E-state index in [1.54, 1.807) is 11.1 Å². The Bertz CT molecular complexity index is 402. The number of aryl methyl sites for hydroxylation is 1. The second-order valence-corrected chi connectivity index (χ2v) is 5.73. The van der Waals surface area contributed by atoms with Crippen LogP contribution in [-0.2, 0) is 5.41 Å². The zero-order chi connectivity index (χ0) is 11.2. The number of rotatable bonds is 0. The predicted molar refractivity (Wildman–Crippen MR) is 68.0 cm³/mol. The fourth-order valence-corrected chi connectivity index (χ4v) is 3.76. The topological polar surface area (TPSA) is 12.0 Å². The maximum absolute atomic E-state index is 3.49. The second-order valence-electron chi connectivity index (χ2n) is 5.73. The number of hydrogen-bond donors (Lipinski definition) is 1. The van der Waals surface area contributed by atoms with Gasteiger partial charge in [0, 0.05) is 0 Å². The molecule has 0 amide bonds. The van der Waals surface area contributed by atoms with Crippen LogP contribution in [0.5, 0.6) is 0 Å². The third-order valence-electron chi connectivity index (χ3n) is 4.57. The van der Waals surface area contributed by atoms with Crippen molar-refractivity contribution >= 4 is 0 Å². The maximum atomic E-state index is 3.49. The monoisotopic (exact) mass is 215 g/mol. The molecule has 1 nitrogen and oxygen atoms in total. The molecule has 1 unspecified atom stereocenters. The van der Waals surface area contributed by atoms with Gasteiger partial charge < -0.3 is 5.32 Å². The van der Waals surface area contributed by atoms with E-state index in [-0.39, 0.29) is 0 Å². The summed E-state index contributed by atoms with van der Waals surface area (Å²) in [6, 6.07) is 7.11. The molecule has 16 heavy (non-hydrogen) atoms. The molecule has 1 aliphatic heterocycles. The van der Waals surface area contributed by atoms with Crippen LogP contribution in [0.25, 0.3) is 0 Å². The van der Waals surface area contributed by atoms with Crippen LogP contribution in [0.3, 0.4) is 0 Å². The average molecular weight is 215 g/mol. The normalized spacial score (nSPS) is 27.0. The number of hydrogen-bond acceptors (Lipinski definition) is 1. The zero-order valence-electron chi connectivity index (χ0n) is 10.3. The third kappa shape index (κ3) is 1.41. The summed E-state index contributed by atoms with van der Waals surface area (Å²) < 4.78 is 0. The first-order valence-corrected chi connectivity index (χ1v) is 6.53. The minimum absolute atomic E-state index is 0.508. The van der Waals surface area contributed by atoms with Crippen molar-refractivity contribution in [3.8, 4) is 0 Å². The molecule has 1 saturated heterocycles. The van der Waals surface area contributed by atoms with E-state index in [1.165, 1.54) is 37.9 Å². The highest BCUT2D eigenvalue weighted by Crippen LogP contribution is 2.50. The predicted octanol–water partition coefficient (Wildman–Crippen LogP) is 3.12. The van der Waals surface area contributed by atoms with E-state index in [9.17, 15) is 0 Å². The first kappa shape index (κ1) is 10.3. The van der Waals surface area contributed by atoms with Gasteiger partial charge in [0.25, 0.3) is 0 Å². The van der Waals surface area contributed by atoms with E-state index in [0.29, 0.717) is 5.41 Å². The Morgan fingerprint density at radius 2 is 2.00 bits per heavy atom. The summed E-state index contributed by atoms with van der Waals surface area (Å²) in [4.78, 5) is 0. The summed E-state index contributed by atoms with van der Waals surface area (Å²) in [6.45, 7) is 7.00. The van der Waals surface area contributed by atoms with Gasteiger partial charge in [-0.1, -0.05) is 30.7 Å². The SMILES string of the molecule is Cc1ccc2c(c1)C(C)CC21CCNCC1. The summed E-state index contributed by atoms with van der Waals surface area (Å²) in [6.07, 6.45) is 4.02. The van der Waals surface area contributed by atoms with E-state index < -0.39 is 0 Å². The molecule has 86 valence electrons. The molecule has 1 aromatic carbocycles. The molecule has 2 aliphatic rings. The lowest BCUT2D eigenvalue weighted by Gasteiger charge is -2.35. The molecule has 1 heterocycles. The molecule has 1 spiro atoms. The smallest absolute Gasteiger partial charge is 0.00143 e. The molecule has 1 N–H and O–H groups in total. The van der Waals surface area contributed by atoms with E-state index in [0.717, 1.165) is 5.92 Å². The van der Waals surface area contributed by atoms with Crippen molar-refractivity contribution in [2.75, 3.05) is 13.1 Å². The van der Waals surface area contributed by atoms with E-state index in [2.05, 4.69) is 37.4 Å². The van der Waals surface area contributed by atoms with Gasteiger partial charge in [-0.15, -0.1) is 0 Å². The van der Waals surface area contributed by atoms with Crippen LogP contribution in [0.4, 0.5) is 0 Å². The van der Waals surface area contributed by atoms with E-state index in [4.69, 9.17) is 0 Å². The standard InChI is InChI=1S/C15H21N/c1-11-3-4-14-13(9-11)12(2)10-15(14)5-7-16-8-6-15/h3-4,9,12,16H,5-8,10H2,1-2H3. The second kappa shape index (κ2) is 3.59. The molecule has 1 heteroatoms. The van der Waals surface area contributed by atoms with Crippen LogP contribution in [-0.4, -0.2) is 13.1 Å². The quantitative estimate of drug-likeness (QED) is 0.701. The van der Waals surface area contributed by atoms with Gasteiger partial charge in [0.2, 0.25) is 0 Å². The Balaban J connectivity index is 2.07. The fraction of sp³-hybridized carbons (Fsp3) is 0.600. The van der Waals surface area contributed by atoms with Gasteiger partial charge in [-0.25, -0.2) is 0 Å². The average Bonchev–Trinajstić information content (AvgIpc) is 2.53. The highest BCUT2D eigenvalue weighted by atomic mass is 14.9. The lowest BCUT2D eigenvalue weighted by Crippen LogP contribution is -2.38. The Morgan fingerprint density at radius 3 is 2.75 bits per heavy atom. The summed E-state index contributed by atoms with van der Waals surface area (Å²) in [5.74, 6) is 0.757. The summed E-state index contributed by atoms with van der Waals surface area (Å²) in [5, 5.41) is 3.49. The molecule has 3 rings (SSSR count). The van der Waals surface area contributed by atoms with Crippen molar-refractivity contribution in [2.45, 2.75) is 44.4 Å². The highest BCUT2D eigenvalue weighted by molar-refractivity contribution is 5.44. The Labute approximate surface area is 98.3 Å². The van der Waals surface area contributed by atoms with E-state index >= 15 is 0 Å². The lowest BCUT2D eigenvalue weighted by molar-refractivity contribution is 0.296. The number of benzene rings is 1. The molecule has 1 fully saturated rings. The Morgan fingerprint density at radius 1 is 1.25 bits per heavy atom. The first-order chi connectivity index (χ1) is 7.71. The minimum Gasteiger partial charge on any atom is -0.317 e. The van der Waals surface area contributed by atoms with Crippen molar-refractivity contribution in [3.05, 3.63) is 34.9 Å². The molecular weight excluding hydrogens is 194 g/mol. The molecule has 0 bridgehead atoms. The van der Waals surface area contributed by atoms with Crippen molar-refractivity contribution in [1.29, 1.82) is 0 Å². The largest absolute Gasteiger partial charge is 0.317 e. The van der Waals surface area contributed by atoms with Gasteiger partial charge in [0.1, 0.15) is 0 Å². The summed E-state index contributed by atoms with van der Waals surface area (Å²) in [5.41, 5.74) is 5.21. The fourth-order valence-electron chi connectivity index (χ4n) is 3.76. The minimum atomic E-state index is 0.508. The van der Waals surface area contributed by atoms with Crippen molar-refractivity contribution < 1.29 is 0 Å². The Hall–Kier alpha value is -0.820. The molecular formula is C15H21N. The van der Waals surface area contributed by atoms with Gasteiger partial charge in [-0.3, -0.25) is 0 Å². The molecule has 1 atom stereocenters. The lowest BCUT2D eigenvalue weighted by atomic mass is 9.74. The van der Waals surface area contributed by atoms with Crippen LogP contribution < -0.4 is 5.32 Å². The zero-order valence-corrected chi connectivity index (χ0v) is 10.3. The van der Waals surface area contributed by atoms with Crippen molar-refractivity contribution in [3.63, 3.8) is 0 Å². The molecule has 1 aliphatic carbocycles. The van der Waals surface area contributed by atoms with Gasteiger partial charge in [-0.2, -0.15) is 0 Å².